The minimum atomic E-state index is -1.09. The molecule has 0 aliphatic rings. The van der Waals surface area contributed by atoms with Gasteiger partial charge >= 0.3 is 5.97 Å². The summed E-state index contributed by atoms with van der Waals surface area (Å²) in [6.07, 6.45) is 0.302. The number of carboxylic acid groups (broad SMARTS) is 1. The minimum absolute atomic E-state index is 0.254. The van der Waals surface area contributed by atoms with Gasteiger partial charge in [0.2, 0.25) is 11.8 Å². The second kappa shape index (κ2) is 8.17. The van der Waals surface area contributed by atoms with Gasteiger partial charge in [-0.2, -0.15) is 0 Å². The summed E-state index contributed by atoms with van der Waals surface area (Å²) in [7, 11) is 0. The third kappa shape index (κ3) is 5.55. The summed E-state index contributed by atoms with van der Waals surface area (Å²) >= 11 is 0. The lowest BCUT2D eigenvalue weighted by Crippen LogP contribution is -2.53. The molecule has 22 heavy (non-hydrogen) atoms. The number of rotatable bonds is 7. The number of hydrogen-bond donors (Lipinski definition) is 3. The summed E-state index contributed by atoms with van der Waals surface area (Å²) in [6, 6.07) is 7.44. The van der Waals surface area contributed by atoms with Gasteiger partial charge in [-0.25, -0.2) is 4.79 Å². The first kappa shape index (κ1) is 17.7. The molecule has 0 aromatic heterocycles. The Hall–Kier alpha value is -2.37. The third-order valence-corrected chi connectivity index (χ3v) is 3.21. The van der Waals surface area contributed by atoms with E-state index in [4.69, 9.17) is 5.11 Å². The highest BCUT2D eigenvalue weighted by Crippen LogP contribution is 2.06. The summed E-state index contributed by atoms with van der Waals surface area (Å²) in [4.78, 5) is 34.8. The van der Waals surface area contributed by atoms with E-state index in [0.717, 1.165) is 5.56 Å². The Labute approximate surface area is 129 Å². The maximum atomic E-state index is 12.3. The number of carbonyl (C=O) groups is 3. The van der Waals surface area contributed by atoms with E-state index in [-0.39, 0.29) is 11.8 Å². The molecule has 0 heterocycles. The lowest BCUT2D eigenvalue weighted by molar-refractivity contribution is -0.143. The molecule has 0 radical (unpaired) electrons. The largest absolute Gasteiger partial charge is 0.480 e. The number of benzene rings is 1. The van der Waals surface area contributed by atoms with Crippen LogP contribution in [0.25, 0.3) is 0 Å². The van der Waals surface area contributed by atoms with E-state index in [1.807, 2.05) is 30.3 Å². The Morgan fingerprint density at radius 2 is 1.68 bits per heavy atom. The summed E-state index contributed by atoms with van der Waals surface area (Å²) in [5, 5.41) is 14.2. The van der Waals surface area contributed by atoms with Crippen molar-refractivity contribution in [2.45, 2.75) is 39.3 Å². The molecule has 0 aliphatic carbocycles. The van der Waals surface area contributed by atoms with Crippen molar-refractivity contribution in [1.82, 2.24) is 10.6 Å². The SMILES string of the molecule is CC(=O)N[C@H](Cc1ccccc1)C(=O)N[C@@H](C(=O)O)C(C)C. The molecule has 0 bridgehead atoms. The maximum absolute atomic E-state index is 12.3. The number of aliphatic carboxylic acids is 1. The molecule has 1 rings (SSSR count). The van der Waals surface area contributed by atoms with Crippen molar-refractivity contribution in [3.05, 3.63) is 35.9 Å². The van der Waals surface area contributed by atoms with Crippen molar-refractivity contribution in [1.29, 1.82) is 0 Å². The second-order valence-corrected chi connectivity index (χ2v) is 5.51. The summed E-state index contributed by atoms with van der Waals surface area (Å²) < 4.78 is 0. The van der Waals surface area contributed by atoms with E-state index < -0.39 is 24.0 Å². The van der Waals surface area contributed by atoms with Gasteiger partial charge in [-0.15, -0.1) is 0 Å². The van der Waals surface area contributed by atoms with Gasteiger partial charge < -0.3 is 15.7 Å². The average molecular weight is 306 g/mol. The Bertz CT molecular complexity index is 528. The molecule has 3 N–H and O–H groups in total. The number of carbonyl (C=O) groups excluding carboxylic acids is 2. The molecule has 6 nitrogen and oxygen atoms in total. The molecule has 2 amide bonds. The van der Waals surface area contributed by atoms with Gasteiger partial charge in [0.25, 0.3) is 0 Å². The Morgan fingerprint density at radius 3 is 2.14 bits per heavy atom. The van der Waals surface area contributed by atoms with Crippen molar-refractivity contribution >= 4 is 17.8 Å². The predicted molar refractivity (Wildman–Crippen MR) is 82.2 cm³/mol. The van der Waals surface area contributed by atoms with Crippen molar-refractivity contribution < 1.29 is 19.5 Å². The van der Waals surface area contributed by atoms with Crippen molar-refractivity contribution in [2.24, 2.45) is 5.92 Å². The Balaban J connectivity index is 2.84. The van der Waals surface area contributed by atoms with E-state index in [1.54, 1.807) is 13.8 Å². The van der Waals surface area contributed by atoms with Gasteiger partial charge in [0.1, 0.15) is 12.1 Å². The fraction of sp³-hybridized carbons (Fsp3) is 0.438. The summed E-state index contributed by atoms with van der Waals surface area (Å²) in [5.74, 6) is -2.19. The van der Waals surface area contributed by atoms with Crippen molar-refractivity contribution in [3.63, 3.8) is 0 Å². The molecule has 0 fully saturated rings. The van der Waals surface area contributed by atoms with Crippen molar-refractivity contribution in [3.8, 4) is 0 Å². The minimum Gasteiger partial charge on any atom is -0.480 e. The van der Waals surface area contributed by atoms with E-state index in [1.165, 1.54) is 6.92 Å². The quantitative estimate of drug-likeness (QED) is 0.699. The predicted octanol–water partition coefficient (Wildman–Crippen LogP) is 0.959. The zero-order valence-electron chi connectivity index (χ0n) is 13.0. The second-order valence-electron chi connectivity index (χ2n) is 5.51. The Kier molecular flexibility index (Phi) is 6.56. The molecule has 0 unspecified atom stereocenters. The van der Waals surface area contributed by atoms with Gasteiger partial charge in [0.15, 0.2) is 0 Å². The number of nitrogens with one attached hydrogen (secondary N) is 2. The molecule has 6 heteroatoms. The zero-order valence-corrected chi connectivity index (χ0v) is 13.0. The topological polar surface area (TPSA) is 95.5 Å². The fourth-order valence-corrected chi connectivity index (χ4v) is 2.07. The van der Waals surface area contributed by atoms with Gasteiger partial charge in [-0.05, 0) is 11.5 Å². The van der Waals surface area contributed by atoms with Gasteiger partial charge in [0, 0.05) is 13.3 Å². The van der Waals surface area contributed by atoms with E-state index in [0.29, 0.717) is 6.42 Å². The fourth-order valence-electron chi connectivity index (χ4n) is 2.07. The van der Waals surface area contributed by atoms with Gasteiger partial charge in [-0.1, -0.05) is 44.2 Å². The highest BCUT2D eigenvalue weighted by Gasteiger charge is 2.28. The highest BCUT2D eigenvalue weighted by molar-refractivity contribution is 5.90. The van der Waals surface area contributed by atoms with Gasteiger partial charge in [-0.3, -0.25) is 9.59 Å². The van der Waals surface area contributed by atoms with E-state index in [9.17, 15) is 14.4 Å². The first-order chi connectivity index (χ1) is 10.3. The molecular weight excluding hydrogens is 284 g/mol. The molecule has 120 valence electrons. The summed E-state index contributed by atoms with van der Waals surface area (Å²) in [6.45, 7) is 4.75. The lowest BCUT2D eigenvalue weighted by atomic mass is 10.0. The first-order valence-corrected chi connectivity index (χ1v) is 7.15. The van der Waals surface area contributed by atoms with Crippen LogP contribution in [0.15, 0.2) is 30.3 Å². The molecule has 0 saturated carbocycles. The van der Waals surface area contributed by atoms with Crippen LogP contribution < -0.4 is 10.6 Å². The van der Waals surface area contributed by atoms with E-state index >= 15 is 0 Å². The number of carboxylic acids is 1. The first-order valence-electron chi connectivity index (χ1n) is 7.15. The molecule has 0 aliphatic heterocycles. The molecule has 0 spiro atoms. The average Bonchev–Trinajstić information content (AvgIpc) is 2.43. The van der Waals surface area contributed by atoms with Crippen LogP contribution in [0.4, 0.5) is 0 Å². The van der Waals surface area contributed by atoms with Crippen LogP contribution in [0.1, 0.15) is 26.3 Å². The monoisotopic (exact) mass is 306 g/mol. The number of amides is 2. The molecule has 2 atom stereocenters. The standard InChI is InChI=1S/C16H22N2O4/c1-10(2)14(16(21)22)18-15(20)13(17-11(3)19)9-12-7-5-4-6-8-12/h4-8,10,13-14H,9H2,1-3H3,(H,17,19)(H,18,20)(H,21,22)/t13-,14-/m1/s1. The van der Waals surface area contributed by atoms with Crippen LogP contribution in [0, 0.1) is 5.92 Å². The third-order valence-electron chi connectivity index (χ3n) is 3.21. The van der Waals surface area contributed by atoms with Crippen LogP contribution in [-0.4, -0.2) is 35.0 Å². The van der Waals surface area contributed by atoms with E-state index in [2.05, 4.69) is 10.6 Å². The van der Waals surface area contributed by atoms with Crippen LogP contribution in [0.2, 0.25) is 0 Å². The number of hydrogen-bond acceptors (Lipinski definition) is 3. The zero-order chi connectivity index (χ0) is 16.7. The molecule has 0 saturated heterocycles. The van der Waals surface area contributed by atoms with Crippen LogP contribution >= 0.6 is 0 Å². The summed E-state index contributed by atoms with van der Waals surface area (Å²) in [5.41, 5.74) is 0.882. The molecule has 1 aromatic rings. The Morgan fingerprint density at radius 1 is 1.09 bits per heavy atom. The van der Waals surface area contributed by atoms with Crippen LogP contribution in [0.5, 0.6) is 0 Å². The van der Waals surface area contributed by atoms with Crippen LogP contribution in [0.3, 0.4) is 0 Å². The van der Waals surface area contributed by atoms with Crippen molar-refractivity contribution in [2.75, 3.05) is 0 Å². The van der Waals surface area contributed by atoms with Gasteiger partial charge in [0.05, 0.1) is 0 Å². The maximum Gasteiger partial charge on any atom is 0.326 e. The lowest BCUT2D eigenvalue weighted by Gasteiger charge is -2.23. The smallest absolute Gasteiger partial charge is 0.326 e. The highest BCUT2D eigenvalue weighted by atomic mass is 16.4. The molecular formula is C16H22N2O4. The van der Waals surface area contributed by atoms with Crippen LogP contribution in [-0.2, 0) is 20.8 Å². The normalized spacial score (nSPS) is 13.3. The molecule has 1 aromatic carbocycles.